The number of guanidine groups is 1. The first kappa shape index (κ1) is 23.4. The molecule has 0 saturated heterocycles. The fourth-order valence-corrected chi connectivity index (χ4v) is 4.93. The van der Waals surface area contributed by atoms with Gasteiger partial charge < -0.3 is 25.2 Å². The van der Waals surface area contributed by atoms with E-state index >= 15 is 0 Å². The fraction of sp³-hybridized carbons (Fsp3) is 0.696. The molecule has 0 aromatic heterocycles. The number of aliphatic hydroxyl groups is 1. The molecule has 3 N–H and O–H groups in total. The average Bonchev–Trinajstić information content (AvgIpc) is 3.24. The van der Waals surface area contributed by atoms with E-state index in [9.17, 15) is 5.11 Å². The third kappa shape index (κ3) is 5.52. The van der Waals surface area contributed by atoms with Crippen molar-refractivity contribution in [2.75, 3.05) is 26.3 Å². The van der Waals surface area contributed by atoms with Crippen molar-refractivity contribution in [1.29, 1.82) is 0 Å². The molecule has 2 aliphatic carbocycles. The number of hydrogen-bond acceptors (Lipinski definition) is 4. The number of aliphatic imine (C=N–C) groups is 1. The Hall–Kier alpha value is -1.22. The molecule has 0 atom stereocenters. The van der Waals surface area contributed by atoms with Gasteiger partial charge in [-0.1, -0.05) is 18.9 Å². The standard InChI is InChI=1S/C23H35N3O3.HI/c1-2-24-22(26-18-6-8-19(27)9-7-18)25-16-23(11-3-4-12-23)17-5-10-20-21(15-17)29-14-13-28-20;/h5,10,15,18-19,27H,2-4,6-9,11-14,16H2,1H3,(H2,24,25,26);1H. The molecule has 168 valence electrons. The summed E-state index contributed by atoms with van der Waals surface area (Å²) in [5.41, 5.74) is 1.39. The van der Waals surface area contributed by atoms with E-state index in [1.807, 2.05) is 0 Å². The van der Waals surface area contributed by atoms with Gasteiger partial charge in [-0.15, -0.1) is 24.0 Å². The maximum absolute atomic E-state index is 9.76. The summed E-state index contributed by atoms with van der Waals surface area (Å²) >= 11 is 0. The van der Waals surface area contributed by atoms with Crippen molar-refractivity contribution in [3.63, 3.8) is 0 Å². The Balaban J connectivity index is 0.00000256. The molecule has 2 fully saturated rings. The fourth-order valence-electron chi connectivity index (χ4n) is 4.93. The van der Waals surface area contributed by atoms with Gasteiger partial charge in [-0.3, -0.25) is 4.99 Å². The number of nitrogens with one attached hydrogen (secondary N) is 2. The lowest BCUT2D eigenvalue weighted by atomic mass is 9.79. The van der Waals surface area contributed by atoms with Gasteiger partial charge in [-0.2, -0.15) is 0 Å². The number of nitrogens with zero attached hydrogens (tertiary/aromatic N) is 1. The molecule has 0 amide bonds. The lowest BCUT2D eigenvalue weighted by molar-refractivity contribution is 0.120. The van der Waals surface area contributed by atoms with E-state index in [-0.39, 0.29) is 35.5 Å². The van der Waals surface area contributed by atoms with E-state index in [1.54, 1.807) is 0 Å². The summed E-state index contributed by atoms with van der Waals surface area (Å²) in [5.74, 6) is 2.62. The summed E-state index contributed by atoms with van der Waals surface area (Å²) in [6, 6.07) is 6.84. The molecule has 0 bridgehead atoms. The predicted molar refractivity (Wildman–Crippen MR) is 130 cm³/mol. The number of ether oxygens (including phenoxy) is 2. The van der Waals surface area contributed by atoms with Crippen molar-refractivity contribution < 1.29 is 14.6 Å². The second-order valence-electron chi connectivity index (χ2n) is 8.69. The van der Waals surface area contributed by atoms with Crippen LogP contribution in [0.5, 0.6) is 11.5 Å². The second-order valence-corrected chi connectivity index (χ2v) is 8.69. The van der Waals surface area contributed by atoms with Gasteiger partial charge in [0.2, 0.25) is 0 Å². The van der Waals surface area contributed by atoms with Gasteiger partial charge in [0.15, 0.2) is 17.5 Å². The van der Waals surface area contributed by atoms with Crippen LogP contribution in [-0.4, -0.2) is 49.5 Å². The highest BCUT2D eigenvalue weighted by Gasteiger charge is 2.36. The van der Waals surface area contributed by atoms with E-state index < -0.39 is 0 Å². The zero-order valence-corrected chi connectivity index (χ0v) is 20.3. The molecule has 0 unspecified atom stereocenters. The highest BCUT2D eigenvalue weighted by atomic mass is 127. The van der Waals surface area contributed by atoms with Gasteiger partial charge in [0.05, 0.1) is 12.6 Å². The van der Waals surface area contributed by atoms with Gasteiger partial charge in [0.1, 0.15) is 13.2 Å². The molecule has 30 heavy (non-hydrogen) atoms. The van der Waals surface area contributed by atoms with E-state index in [2.05, 4.69) is 35.8 Å². The lowest BCUT2D eigenvalue weighted by Crippen LogP contribution is -2.46. The monoisotopic (exact) mass is 529 g/mol. The molecular formula is C23H36IN3O3. The number of hydrogen-bond donors (Lipinski definition) is 3. The molecule has 0 spiro atoms. The second kappa shape index (κ2) is 10.9. The zero-order chi connectivity index (χ0) is 20.1. The van der Waals surface area contributed by atoms with Crippen molar-refractivity contribution >= 4 is 29.9 Å². The predicted octanol–water partition coefficient (Wildman–Crippen LogP) is 3.75. The van der Waals surface area contributed by atoms with Crippen LogP contribution in [-0.2, 0) is 5.41 Å². The van der Waals surface area contributed by atoms with E-state index in [4.69, 9.17) is 14.5 Å². The number of fused-ring (bicyclic) bond motifs is 1. The summed E-state index contributed by atoms with van der Waals surface area (Å²) in [7, 11) is 0. The number of benzene rings is 1. The minimum Gasteiger partial charge on any atom is -0.486 e. The topological polar surface area (TPSA) is 75.1 Å². The molecule has 3 aliphatic rings. The SMILES string of the molecule is CCNC(=NCC1(c2ccc3c(c2)OCCO3)CCCC1)NC1CCC(O)CC1.I. The Labute approximate surface area is 197 Å². The molecular weight excluding hydrogens is 493 g/mol. The van der Waals surface area contributed by atoms with Gasteiger partial charge in [-0.05, 0) is 63.1 Å². The Morgan fingerprint density at radius 1 is 1.10 bits per heavy atom. The maximum Gasteiger partial charge on any atom is 0.191 e. The van der Waals surface area contributed by atoms with Crippen LogP contribution in [0.25, 0.3) is 0 Å². The van der Waals surface area contributed by atoms with Gasteiger partial charge in [0.25, 0.3) is 0 Å². The smallest absolute Gasteiger partial charge is 0.191 e. The summed E-state index contributed by atoms with van der Waals surface area (Å²) in [4.78, 5) is 5.03. The molecule has 4 rings (SSSR count). The summed E-state index contributed by atoms with van der Waals surface area (Å²) in [6.07, 6.45) is 8.41. The van der Waals surface area contributed by atoms with E-state index in [1.165, 1.54) is 18.4 Å². The van der Waals surface area contributed by atoms with Gasteiger partial charge in [-0.25, -0.2) is 0 Å². The largest absolute Gasteiger partial charge is 0.486 e. The first-order valence-corrected chi connectivity index (χ1v) is 11.3. The Morgan fingerprint density at radius 3 is 2.50 bits per heavy atom. The molecule has 1 aliphatic heterocycles. The Morgan fingerprint density at radius 2 is 1.80 bits per heavy atom. The molecule has 1 aromatic rings. The Bertz CT molecular complexity index is 714. The minimum absolute atomic E-state index is 0. The highest BCUT2D eigenvalue weighted by Crippen LogP contribution is 2.44. The van der Waals surface area contributed by atoms with Crippen LogP contribution < -0.4 is 20.1 Å². The van der Waals surface area contributed by atoms with Crippen molar-refractivity contribution in [2.24, 2.45) is 4.99 Å². The zero-order valence-electron chi connectivity index (χ0n) is 18.0. The lowest BCUT2D eigenvalue weighted by Gasteiger charge is -2.31. The van der Waals surface area contributed by atoms with Gasteiger partial charge >= 0.3 is 0 Å². The van der Waals surface area contributed by atoms with Crippen LogP contribution in [0.2, 0.25) is 0 Å². The number of halogens is 1. The third-order valence-corrected chi connectivity index (χ3v) is 6.64. The summed E-state index contributed by atoms with van der Waals surface area (Å²) in [5, 5.41) is 16.8. The number of aliphatic hydroxyl groups excluding tert-OH is 1. The quantitative estimate of drug-likeness (QED) is 0.308. The normalized spacial score (nSPS) is 25.3. The molecule has 0 radical (unpaired) electrons. The summed E-state index contributed by atoms with van der Waals surface area (Å²) in [6.45, 7) is 4.97. The van der Waals surface area contributed by atoms with Gasteiger partial charge in [0, 0.05) is 18.0 Å². The van der Waals surface area contributed by atoms with Crippen molar-refractivity contribution in [2.45, 2.75) is 75.9 Å². The minimum atomic E-state index is -0.135. The van der Waals surface area contributed by atoms with Crippen LogP contribution in [0, 0.1) is 0 Å². The van der Waals surface area contributed by atoms with Crippen LogP contribution in [0.15, 0.2) is 23.2 Å². The van der Waals surface area contributed by atoms with Crippen LogP contribution in [0.4, 0.5) is 0 Å². The van der Waals surface area contributed by atoms with E-state index in [0.29, 0.717) is 19.3 Å². The average molecular weight is 529 g/mol. The van der Waals surface area contributed by atoms with Crippen LogP contribution in [0.1, 0.15) is 63.9 Å². The Kier molecular flexibility index (Phi) is 8.51. The van der Waals surface area contributed by atoms with Crippen molar-refractivity contribution in [1.82, 2.24) is 10.6 Å². The molecule has 6 nitrogen and oxygen atoms in total. The first-order chi connectivity index (χ1) is 14.2. The first-order valence-electron chi connectivity index (χ1n) is 11.3. The molecule has 2 saturated carbocycles. The highest BCUT2D eigenvalue weighted by molar-refractivity contribution is 14.0. The molecule has 1 heterocycles. The summed E-state index contributed by atoms with van der Waals surface area (Å²) < 4.78 is 11.5. The van der Waals surface area contributed by atoms with Crippen LogP contribution >= 0.6 is 24.0 Å². The molecule has 7 heteroatoms. The maximum atomic E-state index is 9.76. The van der Waals surface area contributed by atoms with Crippen molar-refractivity contribution in [3.8, 4) is 11.5 Å². The van der Waals surface area contributed by atoms with E-state index in [0.717, 1.165) is 69.1 Å². The van der Waals surface area contributed by atoms with Crippen LogP contribution in [0.3, 0.4) is 0 Å². The molecule has 1 aromatic carbocycles. The third-order valence-electron chi connectivity index (χ3n) is 6.64. The van der Waals surface area contributed by atoms with Crippen molar-refractivity contribution in [3.05, 3.63) is 23.8 Å². The number of rotatable bonds is 5.